The van der Waals surface area contributed by atoms with E-state index in [-0.39, 0.29) is 6.04 Å². The van der Waals surface area contributed by atoms with Crippen molar-refractivity contribution in [3.63, 3.8) is 0 Å². The number of piperazine rings is 1. The first kappa shape index (κ1) is 20.3. The molecule has 31 heavy (non-hydrogen) atoms. The molecule has 4 aromatic rings. The average molecular weight is 453 g/mol. The molecule has 2 N–H and O–H groups in total. The van der Waals surface area contributed by atoms with Crippen LogP contribution in [0.3, 0.4) is 0 Å². The number of aldehydes is 1. The second-order valence-electron chi connectivity index (χ2n) is 7.74. The lowest BCUT2D eigenvalue weighted by Gasteiger charge is -2.38. The monoisotopic (exact) mass is 452 g/mol. The van der Waals surface area contributed by atoms with Crippen molar-refractivity contribution < 1.29 is 4.79 Å². The first-order valence-corrected chi connectivity index (χ1v) is 11.2. The summed E-state index contributed by atoms with van der Waals surface area (Å²) in [5.74, 6) is 0.480. The second kappa shape index (κ2) is 8.47. The van der Waals surface area contributed by atoms with E-state index in [1.165, 1.54) is 6.33 Å². The van der Waals surface area contributed by atoms with Gasteiger partial charge in [-0.2, -0.15) is 0 Å². The van der Waals surface area contributed by atoms with Crippen LogP contribution in [-0.4, -0.2) is 56.7 Å². The molecule has 0 radical (unpaired) electrons. The van der Waals surface area contributed by atoms with Gasteiger partial charge in [0, 0.05) is 36.6 Å². The van der Waals surface area contributed by atoms with Crippen LogP contribution in [-0.2, 0) is 17.9 Å². The predicted molar refractivity (Wildman–Crippen MR) is 124 cm³/mol. The minimum Gasteiger partial charge on any atom is -0.383 e. The van der Waals surface area contributed by atoms with E-state index in [0.29, 0.717) is 23.9 Å². The molecule has 5 rings (SSSR count). The Labute approximate surface area is 188 Å². The highest BCUT2D eigenvalue weighted by atomic mass is 35.5. The summed E-state index contributed by atoms with van der Waals surface area (Å²) in [6.07, 6.45) is 2.52. The van der Waals surface area contributed by atoms with Gasteiger partial charge in [-0.25, -0.2) is 15.0 Å². The van der Waals surface area contributed by atoms with Crippen LogP contribution >= 0.6 is 22.9 Å². The summed E-state index contributed by atoms with van der Waals surface area (Å²) in [6, 6.07) is 11.6. The third-order valence-electron chi connectivity index (χ3n) is 5.64. The van der Waals surface area contributed by atoms with Crippen LogP contribution in [0.1, 0.15) is 10.6 Å². The summed E-state index contributed by atoms with van der Waals surface area (Å²) < 4.78 is 1.13. The lowest BCUT2D eigenvalue weighted by atomic mass is 10.1. The number of carbonyl (C=O) groups is 1. The van der Waals surface area contributed by atoms with Crippen molar-refractivity contribution in [3.8, 4) is 0 Å². The van der Waals surface area contributed by atoms with Crippen molar-refractivity contribution in [1.29, 1.82) is 0 Å². The Kier molecular flexibility index (Phi) is 5.54. The molecule has 1 fully saturated rings. The van der Waals surface area contributed by atoms with E-state index in [1.54, 1.807) is 11.3 Å². The first-order valence-electron chi connectivity index (χ1n) is 10.0. The number of nitrogen functional groups attached to an aromatic ring is 1. The van der Waals surface area contributed by atoms with E-state index in [1.807, 2.05) is 36.4 Å². The SMILES string of the molecule is Nc1ncnc2cc(CN3CCN(Cc4nc5cc(Cl)ccc5s4)CC3C=O)ccc12. The van der Waals surface area contributed by atoms with Crippen molar-refractivity contribution in [2.24, 2.45) is 0 Å². The Hall–Kier alpha value is -2.65. The maximum Gasteiger partial charge on any atom is 0.138 e. The van der Waals surface area contributed by atoms with Crippen LogP contribution in [0.25, 0.3) is 21.1 Å². The van der Waals surface area contributed by atoms with Crippen LogP contribution in [0.5, 0.6) is 0 Å². The van der Waals surface area contributed by atoms with Crippen molar-refractivity contribution >= 4 is 56.2 Å². The number of anilines is 1. The molecule has 0 amide bonds. The molecule has 2 aromatic carbocycles. The third kappa shape index (κ3) is 4.24. The quantitative estimate of drug-likeness (QED) is 0.464. The zero-order chi connectivity index (χ0) is 21.4. The number of aromatic nitrogens is 3. The van der Waals surface area contributed by atoms with Gasteiger partial charge in [0.25, 0.3) is 0 Å². The zero-order valence-corrected chi connectivity index (χ0v) is 18.3. The molecular weight excluding hydrogens is 432 g/mol. The van der Waals surface area contributed by atoms with E-state index in [0.717, 1.165) is 57.6 Å². The number of halogens is 1. The van der Waals surface area contributed by atoms with Crippen LogP contribution in [0.2, 0.25) is 5.02 Å². The maximum atomic E-state index is 11.9. The summed E-state index contributed by atoms with van der Waals surface area (Å²) in [6.45, 7) is 3.80. The molecule has 0 saturated carbocycles. The van der Waals surface area contributed by atoms with E-state index in [2.05, 4.69) is 19.8 Å². The lowest BCUT2D eigenvalue weighted by molar-refractivity contribution is -0.115. The molecule has 1 aliphatic heterocycles. The van der Waals surface area contributed by atoms with Gasteiger partial charge in [0.2, 0.25) is 0 Å². The molecule has 0 bridgehead atoms. The predicted octanol–water partition coefficient (Wildman–Crippen LogP) is 3.36. The molecule has 0 aliphatic carbocycles. The molecule has 7 nitrogen and oxygen atoms in total. The van der Waals surface area contributed by atoms with E-state index >= 15 is 0 Å². The standard InChI is InChI=1S/C22H21ClN6OS/c23-15-2-4-20-19(8-15)27-21(31-20)11-28-5-6-29(16(10-28)12-30)9-14-1-3-17-18(7-14)25-13-26-22(17)24/h1-4,7-8,12-13,16H,5-6,9-11H2,(H2,24,25,26). The van der Waals surface area contributed by atoms with Crippen LogP contribution < -0.4 is 5.73 Å². The Bertz CT molecular complexity index is 1260. The average Bonchev–Trinajstić information content (AvgIpc) is 3.16. The summed E-state index contributed by atoms with van der Waals surface area (Å²) in [7, 11) is 0. The van der Waals surface area contributed by atoms with Crippen LogP contribution in [0.15, 0.2) is 42.7 Å². The molecule has 0 spiro atoms. The van der Waals surface area contributed by atoms with Gasteiger partial charge in [0.05, 0.1) is 28.3 Å². The van der Waals surface area contributed by atoms with Gasteiger partial charge in [-0.15, -0.1) is 11.3 Å². The highest BCUT2D eigenvalue weighted by Crippen LogP contribution is 2.27. The zero-order valence-electron chi connectivity index (χ0n) is 16.7. The van der Waals surface area contributed by atoms with Gasteiger partial charge in [0.1, 0.15) is 23.4 Å². The molecule has 9 heteroatoms. The Morgan fingerprint density at radius 1 is 1.13 bits per heavy atom. The topological polar surface area (TPSA) is 88.2 Å². The summed E-state index contributed by atoms with van der Waals surface area (Å²) in [5, 5.41) is 2.59. The molecule has 2 aromatic heterocycles. The Balaban J connectivity index is 1.27. The number of carbonyl (C=O) groups excluding carboxylic acids is 1. The number of rotatable bonds is 5. The highest BCUT2D eigenvalue weighted by Gasteiger charge is 2.27. The lowest BCUT2D eigenvalue weighted by Crippen LogP contribution is -2.53. The Morgan fingerprint density at radius 3 is 2.90 bits per heavy atom. The fourth-order valence-corrected chi connectivity index (χ4v) is 5.20. The normalized spacial score (nSPS) is 18.0. The number of nitrogens with zero attached hydrogens (tertiary/aromatic N) is 5. The van der Waals surface area contributed by atoms with E-state index < -0.39 is 0 Å². The molecule has 1 saturated heterocycles. The van der Waals surface area contributed by atoms with Gasteiger partial charge in [-0.05, 0) is 35.9 Å². The number of thiazole rings is 1. The number of hydrogen-bond acceptors (Lipinski definition) is 8. The molecular formula is C22H21ClN6OS. The molecule has 158 valence electrons. The number of nitrogens with two attached hydrogens (primary N) is 1. The minimum absolute atomic E-state index is 0.163. The molecule has 1 aliphatic rings. The largest absolute Gasteiger partial charge is 0.383 e. The third-order valence-corrected chi connectivity index (χ3v) is 6.90. The van der Waals surface area contributed by atoms with Gasteiger partial charge in [-0.3, -0.25) is 9.80 Å². The van der Waals surface area contributed by atoms with Crippen molar-refractivity contribution in [2.45, 2.75) is 19.1 Å². The maximum absolute atomic E-state index is 11.9. The minimum atomic E-state index is -0.163. The van der Waals surface area contributed by atoms with Gasteiger partial charge < -0.3 is 10.5 Å². The highest BCUT2D eigenvalue weighted by molar-refractivity contribution is 7.18. The van der Waals surface area contributed by atoms with Crippen molar-refractivity contribution in [3.05, 3.63) is 58.3 Å². The smallest absolute Gasteiger partial charge is 0.138 e. The Morgan fingerprint density at radius 2 is 2.03 bits per heavy atom. The van der Waals surface area contributed by atoms with Crippen molar-refractivity contribution in [2.75, 3.05) is 25.4 Å². The van der Waals surface area contributed by atoms with Gasteiger partial charge in [0.15, 0.2) is 0 Å². The fraction of sp³-hybridized carbons (Fsp3) is 0.273. The van der Waals surface area contributed by atoms with Crippen LogP contribution in [0, 0.1) is 0 Å². The van der Waals surface area contributed by atoms with Crippen LogP contribution in [0.4, 0.5) is 5.82 Å². The second-order valence-corrected chi connectivity index (χ2v) is 9.29. The number of fused-ring (bicyclic) bond motifs is 2. The number of hydrogen-bond donors (Lipinski definition) is 1. The molecule has 1 atom stereocenters. The van der Waals surface area contributed by atoms with Gasteiger partial charge >= 0.3 is 0 Å². The van der Waals surface area contributed by atoms with E-state index in [9.17, 15) is 4.79 Å². The number of benzene rings is 2. The summed E-state index contributed by atoms with van der Waals surface area (Å²) in [4.78, 5) is 29.4. The fourth-order valence-electron chi connectivity index (χ4n) is 4.04. The van der Waals surface area contributed by atoms with Crippen molar-refractivity contribution in [1.82, 2.24) is 24.8 Å². The summed E-state index contributed by atoms with van der Waals surface area (Å²) >= 11 is 7.76. The first-order chi connectivity index (χ1) is 15.1. The van der Waals surface area contributed by atoms with Gasteiger partial charge in [-0.1, -0.05) is 17.7 Å². The summed E-state index contributed by atoms with van der Waals surface area (Å²) in [5.41, 5.74) is 8.78. The molecule has 3 heterocycles. The molecule has 1 unspecified atom stereocenters. The van der Waals surface area contributed by atoms with E-state index in [4.69, 9.17) is 22.3 Å².